The maximum atomic E-state index is 12.0. The minimum atomic E-state index is -0.402. The van der Waals surface area contributed by atoms with Crippen LogP contribution in [0.2, 0.25) is 0 Å². The highest BCUT2D eigenvalue weighted by Crippen LogP contribution is 2.10. The molecule has 1 atom stereocenters. The second-order valence-corrected chi connectivity index (χ2v) is 5.54. The molecule has 1 aromatic carbocycles. The Morgan fingerprint density at radius 3 is 2.27 bits per heavy atom. The highest BCUT2D eigenvalue weighted by molar-refractivity contribution is 5.95. The van der Waals surface area contributed by atoms with Gasteiger partial charge >= 0.3 is 11.9 Å². The number of rotatable bonds is 9. The molecule has 4 nitrogen and oxygen atoms in total. The largest absolute Gasteiger partial charge is 0.462 e. The lowest BCUT2D eigenvalue weighted by atomic mass is 10.1. The fourth-order valence-corrected chi connectivity index (χ4v) is 1.79. The van der Waals surface area contributed by atoms with Crippen LogP contribution in [0.1, 0.15) is 67.2 Å². The van der Waals surface area contributed by atoms with E-state index in [4.69, 9.17) is 9.47 Å². The molecule has 0 heterocycles. The second kappa shape index (κ2) is 9.98. The van der Waals surface area contributed by atoms with E-state index >= 15 is 0 Å². The number of esters is 2. The van der Waals surface area contributed by atoms with Crippen molar-refractivity contribution in [3.8, 4) is 0 Å². The molecule has 0 saturated heterocycles. The average molecular weight is 306 g/mol. The summed E-state index contributed by atoms with van der Waals surface area (Å²) in [5.41, 5.74) is 0.765. The lowest BCUT2D eigenvalue weighted by Crippen LogP contribution is -2.13. The summed E-state index contributed by atoms with van der Waals surface area (Å²) in [6, 6.07) is 6.49. The SMILES string of the molecule is CCCCCOC(=O)c1cccc(C(=O)OCC(C)CC)c1. The van der Waals surface area contributed by atoms with Crippen LogP contribution >= 0.6 is 0 Å². The first-order chi connectivity index (χ1) is 10.6. The summed E-state index contributed by atoms with van der Waals surface area (Å²) >= 11 is 0. The number of unbranched alkanes of at least 4 members (excludes halogenated alkanes) is 2. The van der Waals surface area contributed by atoms with Crippen molar-refractivity contribution in [2.24, 2.45) is 5.92 Å². The Bertz CT molecular complexity index is 482. The van der Waals surface area contributed by atoms with Gasteiger partial charge in [0.05, 0.1) is 24.3 Å². The van der Waals surface area contributed by atoms with Gasteiger partial charge in [-0.25, -0.2) is 9.59 Å². The third kappa shape index (κ3) is 6.29. The summed E-state index contributed by atoms with van der Waals surface area (Å²) in [5, 5.41) is 0. The third-order valence-electron chi connectivity index (χ3n) is 3.51. The second-order valence-electron chi connectivity index (χ2n) is 5.54. The topological polar surface area (TPSA) is 52.6 Å². The van der Waals surface area contributed by atoms with Crippen molar-refractivity contribution in [3.05, 3.63) is 35.4 Å². The summed E-state index contributed by atoms with van der Waals surface area (Å²) < 4.78 is 10.4. The molecule has 1 aromatic rings. The summed E-state index contributed by atoms with van der Waals surface area (Å²) in [5.74, 6) is -0.468. The lowest BCUT2D eigenvalue weighted by molar-refractivity contribution is 0.0447. The monoisotopic (exact) mass is 306 g/mol. The molecular formula is C18H26O4. The fraction of sp³-hybridized carbons (Fsp3) is 0.556. The van der Waals surface area contributed by atoms with E-state index in [1.807, 2.05) is 13.8 Å². The van der Waals surface area contributed by atoms with E-state index in [0.29, 0.717) is 30.3 Å². The minimum Gasteiger partial charge on any atom is -0.462 e. The Morgan fingerprint density at radius 2 is 1.68 bits per heavy atom. The predicted octanol–water partition coefficient (Wildman–Crippen LogP) is 4.24. The molecule has 0 aromatic heterocycles. The normalized spacial score (nSPS) is 11.8. The quantitative estimate of drug-likeness (QED) is 0.506. The van der Waals surface area contributed by atoms with Gasteiger partial charge in [-0.3, -0.25) is 0 Å². The van der Waals surface area contributed by atoms with Gasteiger partial charge < -0.3 is 9.47 Å². The summed E-state index contributed by atoms with van der Waals surface area (Å²) in [4.78, 5) is 23.9. The number of hydrogen-bond acceptors (Lipinski definition) is 4. The van der Waals surface area contributed by atoms with Gasteiger partial charge in [-0.05, 0) is 30.5 Å². The third-order valence-corrected chi connectivity index (χ3v) is 3.51. The van der Waals surface area contributed by atoms with Crippen LogP contribution in [0.4, 0.5) is 0 Å². The van der Waals surface area contributed by atoms with Crippen molar-refractivity contribution in [1.29, 1.82) is 0 Å². The molecule has 0 bridgehead atoms. The number of ether oxygens (including phenoxy) is 2. The van der Waals surface area contributed by atoms with Crippen molar-refractivity contribution in [2.75, 3.05) is 13.2 Å². The van der Waals surface area contributed by atoms with Crippen molar-refractivity contribution in [2.45, 2.75) is 46.5 Å². The van der Waals surface area contributed by atoms with Crippen molar-refractivity contribution in [1.82, 2.24) is 0 Å². The molecule has 1 rings (SSSR count). The smallest absolute Gasteiger partial charge is 0.338 e. The van der Waals surface area contributed by atoms with E-state index < -0.39 is 11.9 Å². The Hall–Kier alpha value is -1.84. The number of benzene rings is 1. The molecule has 0 fully saturated rings. The zero-order chi connectivity index (χ0) is 16.4. The molecule has 4 heteroatoms. The van der Waals surface area contributed by atoms with E-state index in [1.54, 1.807) is 18.2 Å². The fourth-order valence-electron chi connectivity index (χ4n) is 1.79. The van der Waals surface area contributed by atoms with Crippen LogP contribution in [-0.2, 0) is 9.47 Å². The number of carbonyl (C=O) groups is 2. The molecule has 1 unspecified atom stereocenters. The molecule has 0 N–H and O–H groups in total. The molecule has 0 aliphatic heterocycles. The van der Waals surface area contributed by atoms with Crippen molar-refractivity contribution >= 4 is 11.9 Å². The Labute approximate surface area is 132 Å². The summed E-state index contributed by atoms with van der Waals surface area (Å²) in [7, 11) is 0. The molecule has 0 amide bonds. The van der Waals surface area contributed by atoms with Gasteiger partial charge in [-0.15, -0.1) is 0 Å². The molecule has 0 aliphatic carbocycles. The van der Waals surface area contributed by atoms with Crippen LogP contribution < -0.4 is 0 Å². The standard InChI is InChI=1S/C18H26O4/c1-4-6-7-11-21-17(19)15-9-8-10-16(12-15)18(20)22-13-14(3)5-2/h8-10,12,14H,4-7,11,13H2,1-3H3. The molecule has 0 aliphatic rings. The van der Waals surface area contributed by atoms with Crippen LogP contribution in [0.15, 0.2) is 24.3 Å². The van der Waals surface area contributed by atoms with Crippen LogP contribution in [0, 0.1) is 5.92 Å². The molecule has 0 radical (unpaired) electrons. The molecular weight excluding hydrogens is 280 g/mol. The first-order valence-corrected chi connectivity index (χ1v) is 8.02. The molecule has 122 valence electrons. The predicted molar refractivity (Wildman–Crippen MR) is 86.0 cm³/mol. The highest BCUT2D eigenvalue weighted by Gasteiger charge is 2.13. The van der Waals surface area contributed by atoms with Gasteiger partial charge in [0.15, 0.2) is 0 Å². The number of carbonyl (C=O) groups excluding carboxylic acids is 2. The van der Waals surface area contributed by atoms with E-state index in [-0.39, 0.29) is 0 Å². The average Bonchev–Trinajstić information content (AvgIpc) is 2.56. The van der Waals surface area contributed by atoms with E-state index in [9.17, 15) is 9.59 Å². The van der Waals surface area contributed by atoms with Crippen LogP contribution in [0.5, 0.6) is 0 Å². The van der Waals surface area contributed by atoms with E-state index in [0.717, 1.165) is 25.7 Å². The highest BCUT2D eigenvalue weighted by atomic mass is 16.5. The number of hydrogen-bond donors (Lipinski definition) is 0. The van der Waals surface area contributed by atoms with Crippen molar-refractivity contribution in [3.63, 3.8) is 0 Å². The first kappa shape index (κ1) is 18.2. The van der Waals surface area contributed by atoms with Gasteiger partial charge in [0.1, 0.15) is 0 Å². The van der Waals surface area contributed by atoms with Crippen LogP contribution in [-0.4, -0.2) is 25.2 Å². The summed E-state index contributed by atoms with van der Waals surface area (Å²) in [6.45, 7) is 6.97. The Balaban J connectivity index is 2.57. The minimum absolute atomic E-state index is 0.329. The maximum Gasteiger partial charge on any atom is 0.338 e. The van der Waals surface area contributed by atoms with E-state index in [1.165, 1.54) is 6.07 Å². The Kier molecular flexibility index (Phi) is 8.26. The van der Waals surface area contributed by atoms with Crippen LogP contribution in [0.3, 0.4) is 0 Å². The van der Waals surface area contributed by atoms with Crippen molar-refractivity contribution < 1.29 is 19.1 Å². The van der Waals surface area contributed by atoms with Gasteiger partial charge in [0.2, 0.25) is 0 Å². The maximum absolute atomic E-state index is 12.0. The zero-order valence-corrected chi connectivity index (χ0v) is 13.8. The van der Waals surface area contributed by atoms with Gasteiger partial charge in [0, 0.05) is 0 Å². The summed E-state index contributed by atoms with van der Waals surface area (Å²) in [6.07, 6.45) is 3.93. The molecule has 0 saturated carbocycles. The zero-order valence-electron chi connectivity index (χ0n) is 13.8. The first-order valence-electron chi connectivity index (χ1n) is 8.02. The van der Waals surface area contributed by atoms with Gasteiger partial charge in [-0.1, -0.05) is 46.1 Å². The lowest BCUT2D eigenvalue weighted by Gasteiger charge is -2.10. The van der Waals surface area contributed by atoms with Gasteiger partial charge in [-0.2, -0.15) is 0 Å². The molecule has 0 spiro atoms. The molecule has 22 heavy (non-hydrogen) atoms. The van der Waals surface area contributed by atoms with Gasteiger partial charge in [0.25, 0.3) is 0 Å². The van der Waals surface area contributed by atoms with Crippen LogP contribution in [0.25, 0.3) is 0 Å². The van der Waals surface area contributed by atoms with E-state index in [2.05, 4.69) is 6.92 Å². The Morgan fingerprint density at radius 1 is 1.05 bits per heavy atom.